The van der Waals surface area contributed by atoms with Crippen LogP contribution in [0.15, 0.2) is 18.5 Å². The van der Waals surface area contributed by atoms with E-state index in [1.165, 1.54) is 30.4 Å². The summed E-state index contributed by atoms with van der Waals surface area (Å²) in [7, 11) is 0. The van der Waals surface area contributed by atoms with Gasteiger partial charge in [0.25, 0.3) is 0 Å². The highest BCUT2D eigenvalue weighted by Crippen LogP contribution is 2.38. The fraction of sp³-hybridized carbons (Fsp3) is 0.643. The Bertz CT molecular complexity index is 331. The number of rotatable bonds is 5. The van der Waals surface area contributed by atoms with E-state index in [0.29, 0.717) is 6.04 Å². The van der Waals surface area contributed by atoms with E-state index in [-0.39, 0.29) is 0 Å². The predicted molar refractivity (Wildman–Crippen MR) is 67.4 cm³/mol. The second-order valence-electron chi connectivity index (χ2n) is 4.65. The molecule has 2 heteroatoms. The summed E-state index contributed by atoms with van der Waals surface area (Å²) < 4.78 is 0. The molecule has 16 heavy (non-hydrogen) atoms. The highest BCUT2D eigenvalue weighted by Gasteiger charge is 2.28. The van der Waals surface area contributed by atoms with E-state index in [4.69, 9.17) is 0 Å². The summed E-state index contributed by atoms with van der Waals surface area (Å²) in [5.41, 5.74) is 2.88. The van der Waals surface area contributed by atoms with E-state index in [1.54, 1.807) is 0 Å². The Morgan fingerprint density at radius 1 is 1.44 bits per heavy atom. The van der Waals surface area contributed by atoms with Gasteiger partial charge in [-0.25, -0.2) is 0 Å². The highest BCUT2D eigenvalue weighted by atomic mass is 14.9. The quantitative estimate of drug-likeness (QED) is 0.821. The van der Waals surface area contributed by atoms with Crippen LogP contribution >= 0.6 is 0 Å². The summed E-state index contributed by atoms with van der Waals surface area (Å²) in [6.07, 6.45) is 9.19. The molecule has 2 rings (SSSR count). The SMILES string of the molecule is CCNC(c1ccncc1CC)C1CCC1. The molecule has 1 aromatic rings. The Morgan fingerprint density at radius 3 is 2.81 bits per heavy atom. The average Bonchev–Trinajstić information content (AvgIpc) is 2.26. The first-order chi connectivity index (χ1) is 7.86. The number of pyridine rings is 1. The molecule has 1 N–H and O–H groups in total. The topological polar surface area (TPSA) is 24.9 Å². The molecule has 2 nitrogen and oxygen atoms in total. The zero-order chi connectivity index (χ0) is 11.4. The molecule has 0 aliphatic heterocycles. The number of nitrogens with zero attached hydrogens (tertiary/aromatic N) is 1. The molecule has 0 spiro atoms. The third kappa shape index (κ3) is 2.27. The van der Waals surface area contributed by atoms with E-state index in [2.05, 4.69) is 30.2 Å². The fourth-order valence-electron chi connectivity index (χ4n) is 2.56. The third-order valence-corrected chi connectivity index (χ3v) is 3.70. The number of aryl methyl sites for hydroxylation is 1. The van der Waals surface area contributed by atoms with Gasteiger partial charge in [0.1, 0.15) is 0 Å². The first-order valence-electron chi connectivity index (χ1n) is 6.53. The van der Waals surface area contributed by atoms with Gasteiger partial charge in [0.15, 0.2) is 0 Å². The highest BCUT2D eigenvalue weighted by molar-refractivity contribution is 5.27. The molecular weight excluding hydrogens is 196 g/mol. The van der Waals surface area contributed by atoms with Crippen LogP contribution in [0.2, 0.25) is 0 Å². The van der Waals surface area contributed by atoms with Gasteiger partial charge in [-0.15, -0.1) is 0 Å². The summed E-state index contributed by atoms with van der Waals surface area (Å²) >= 11 is 0. The molecule has 0 saturated heterocycles. The van der Waals surface area contributed by atoms with Crippen LogP contribution in [0.5, 0.6) is 0 Å². The lowest BCUT2D eigenvalue weighted by Crippen LogP contribution is -2.32. The van der Waals surface area contributed by atoms with Gasteiger partial charge < -0.3 is 5.32 Å². The molecule has 1 aromatic heterocycles. The third-order valence-electron chi connectivity index (χ3n) is 3.70. The minimum Gasteiger partial charge on any atom is -0.310 e. The van der Waals surface area contributed by atoms with Crippen molar-refractivity contribution in [2.24, 2.45) is 5.92 Å². The average molecular weight is 218 g/mol. The Balaban J connectivity index is 2.22. The van der Waals surface area contributed by atoms with Crippen molar-refractivity contribution in [3.8, 4) is 0 Å². The van der Waals surface area contributed by atoms with Gasteiger partial charge in [-0.1, -0.05) is 20.3 Å². The zero-order valence-corrected chi connectivity index (χ0v) is 10.4. The summed E-state index contributed by atoms with van der Waals surface area (Å²) in [4.78, 5) is 4.23. The van der Waals surface area contributed by atoms with Crippen molar-refractivity contribution >= 4 is 0 Å². The van der Waals surface area contributed by atoms with Gasteiger partial charge in [0, 0.05) is 18.4 Å². The van der Waals surface area contributed by atoms with E-state index in [9.17, 15) is 0 Å². The Morgan fingerprint density at radius 2 is 2.25 bits per heavy atom. The molecule has 1 unspecified atom stereocenters. The fourth-order valence-corrected chi connectivity index (χ4v) is 2.56. The lowest BCUT2D eigenvalue weighted by atomic mass is 9.76. The van der Waals surface area contributed by atoms with Crippen molar-refractivity contribution in [3.05, 3.63) is 29.6 Å². The van der Waals surface area contributed by atoms with Gasteiger partial charge in [0.05, 0.1) is 0 Å². The Hall–Kier alpha value is -0.890. The summed E-state index contributed by atoms with van der Waals surface area (Å²) in [6, 6.07) is 2.75. The number of hydrogen-bond acceptors (Lipinski definition) is 2. The van der Waals surface area contributed by atoms with Crippen molar-refractivity contribution in [2.45, 2.75) is 45.6 Å². The normalized spacial score (nSPS) is 18.1. The number of nitrogens with one attached hydrogen (secondary N) is 1. The molecular formula is C14H22N2. The van der Waals surface area contributed by atoms with Crippen LogP contribution in [0.3, 0.4) is 0 Å². The maximum absolute atomic E-state index is 4.23. The van der Waals surface area contributed by atoms with Crippen LogP contribution in [-0.4, -0.2) is 11.5 Å². The van der Waals surface area contributed by atoms with Gasteiger partial charge >= 0.3 is 0 Å². The molecule has 0 amide bonds. The van der Waals surface area contributed by atoms with E-state index < -0.39 is 0 Å². The molecule has 0 aromatic carbocycles. The molecule has 0 bridgehead atoms. The zero-order valence-electron chi connectivity index (χ0n) is 10.4. The number of hydrogen-bond donors (Lipinski definition) is 1. The smallest absolute Gasteiger partial charge is 0.0352 e. The van der Waals surface area contributed by atoms with Crippen LogP contribution in [0.1, 0.15) is 50.3 Å². The molecule has 1 heterocycles. The minimum atomic E-state index is 0.553. The van der Waals surface area contributed by atoms with Crippen molar-refractivity contribution < 1.29 is 0 Å². The van der Waals surface area contributed by atoms with Gasteiger partial charge in [-0.05, 0) is 48.9 Å². The Kier molecular flexibility index (Phi) is 3.94. The lowest BCUT2D eigenvalue weighted by Gasteiger charge is -2.35. The molecule has 1 fully saturated rings. The van der Waals surface area contributed by atoms with Crippen LogP contribution < -0.4 is 5.32 Å². The van der Waals surface area contributed by atoms with Crippen LogP contribution in [-0.2, 0) is 6.42 Å². The largest absolute Gasteiger partial charge is 0.310 e. The van der Waals surface area contributed by atoms with Crippen molar-refractivity contribution in [3.63, 3.8) is 0 Å². The first kappa shape index (κ1) is 11.6. The minimum absolute atomic E-state index is 0.553. The van der Waals surface area contributed by atoms with Crippen molar-refractivity contribution in [2.75, 3.05) is 6.54 Å². The van der Waals surface area contributed by atoms with Crippen molar-refractivity contribution in [1.82, 2.24) is 10.3 Å². The molecule has 1 atom stereocenters. The first-order valence-corrected chi connectivity index (χ1v) is 6.53. The van der Waals surface area contributed by atoms with Gasteiger partial charge in [-0.3, -0.25) is 4.98 Å². The maximum atomic E-state index is 4.23. The van der Waals surface area contributed by atoms with E-state index >= 15 is 0 Å². The monoisotopic (exact) mass is 218 g/mol. The molecule has 88 valence electrons. The van der Waals surface area contributed by atoms with Crippen LogP contribution in [0, 0.1) is 5.92 Å². The summed E-state index contributed by atoms with van der Waals surface area (Å²) in [6.45, 7) is 5.45. The van der Waals surface area contributed by atoms with Gasteiger partial charge in [-0.2, -0.15) is 0 Å². The summed E-state index contributed by atoms with van der Waals surface area (Å²) in [5.74, 6) is 0.840. The van der Waals surface area contributed by atoms with E-state index in [1.807, 2.05) is 12.4 Å². The lowest BCUT2D eigenvalue weighted by molar-refractivity contribution is 0.232. The van der Waals surface area contributed by atoms with Gasteiger partial charge in [0.2, 0.25) is 0 Å². The molecule has 0 radical (unpaired) electrons. The molecule has 1 saturated carbocycles. The Labute approximate surface area is 98.5 Å². The van der Waals surface area contributed by atoms with Crippen molar-refractivity contribution in [1.29, 1.82) is 0 Å². The van der Waals surface area contributed by atoms with E-state index in [0.717, 1.165) is 18.9 Å². The van der Waals surface area contributed by atoms with Crippen LogP contribution in [0.4, 0.5) is 0 Å². The molecule has 1 aliphatic rings. The maximum Gasteiger partial charge on any atom is 0.0352 e. The number of aromatic nitrogens is 1. The second kappa shape index (κ2) is 5.44. The second-order valence-corrected chi connectivity index (χ2v) is 4.65. The predicted octanol–water partition coefficient (Wildman–Crippen LogP) is 3.09. The standard InChI is InChI=1S/C14H22N2/c1-3-11-10-15-9-8-13(11)14(16-4-2)12-6-5-7-12/h8-10,12,14,16H,3-7H2,1-2H3. The molecule has 1 aliphatic carbocycles. The van der Waals surface area contributed by atoms with Crippen LogP contribution in [0.25, 0.3) is 0 Å². The summed E-state index contributed by atoms with van der Waals surface area (Å²) in [5, 5.41) is 3.65.